The Morgan fingerprint density at radius 1 is 1.10 bits per heavy atom. The normalized spacial score (nSPS) is 15.4. The van der Waals surface area contributed by atoms with Crippen LogP contribution in [0.3, 0.4) is 0 Å². The molecule has 2 aromatic rings. The SMILES string of the molecule is Cc1ccc(NC(=O)Nc2ccc3c(c2)OCC(C)(C)C(=O)N3CC(C)C)cc1. The minimum Gasteiger partial charge on any atom is -0.490 e. The minimum atomic E-state index is -0.621. The summed E-state index contributed by atoms with van der Waals surface area (Å²) in [6.45, 7) is 10.8. The average molecular weight is 396 g/mol. The van der Waals surface area contributed by atoms with E-state index in [1.54, 1.807) is 17.0 Å². The highest BCUT2D eigenvalue weighted by Gasteiger charge is 2.38. The van der Waals surface area contributed by atoms with Gasteiger partial charge in [0, 0.05) is 24.0 Å². The molecule has 0 bridgehead atoms. The molecule has 0 atom stereocenters. The predicted molar refractivity (Wildman–Crippen MR) is 117 cm³/mol. The second-order valence-electron chi connectivity index (χ2n) is 8.61. The first-order valence-corrected chi connectivity index (χ1v) is 9.89. The molecular formula is C23H29N3O3. The molecule has 6 heteroatoms. The first-order chi connectivity index (χ1) is 13.7. The van der Waals surface area contributed by atoms with Gasteiger partial charge in [-0.05, 0) is 51.0 Å². The third-order valence-corrected chi connectivity index (χ3v) is 4.78. The standard InChI is InChI=1S/C23H29N3O3/c1-15(2)13-26-19-11-10-18(12-20(19)29-14-23(4,5)21(26)27)25-22(28)24-17-8-6-16(3)7-9-17/h6-12,15H,13-14H2,1-5H3,(H2,24,25,28). The number of amides is 3. The third-order valence-electron chi connectivity index (χ3n) is 4.78. The molecule has 2 N–H and O–H groups in total. The van der Waals surface area contributed by atoms with E-state index in [-0.39, 0.29) is 18.5 Å². The van der Waals surface area contributed by atoms with Crippen LogP contribution in [0, 0.1) is 18.3 Å². The second-order valence-corrected chi connectivity index (χ2v) is 8.61. The Morgan fingerprint density at radius 3 is 2.38 bits per heavy atom. The summed E-state index contributed by atoms with van der Waals surface area (Å²) < 4.78 is 5.97. The number of nitrogens with one attached hydrogen (secondary N) is 2. The second kappa shape index (κ2) is 8.15. The lowest BCUT2D eigenvalue weighted by Crippen LogP contribution is -2.43. The van der Waals surface area contributed by atoms with Gasteiger partial charge >= 0.3 is 6.03 Å². The number of aryl methyl sites for hydroxylation is 1. The number of carbonyl (C=O) groups is 2. The maximum atomic E-state index is 13.0. The Bertz CT molecular complexity index is 904. The van der Waals surface area contributed by atoms with Crippen LogP contribution in [0.1, 0.15) is 33.3 Å². The Labute approximate surface area is 172 Å². The molecule has 154 valence electrons. The van der Waals surface area contributed by atoms with Crippen molar-refractivity contribution in [1.29, 1.82) is 0 Å². The van der Waals surface area contributed by atoms with Crippen LogP contribution in [0.25, 0.3) is 0 Å². The molecular weight excluding hydrogens is 366 g/mol. The van der Waals surface area contributed by atoms with Gasteiger partial charge in [0.1, 0.15) is 12.4 Å². The summed E-state index contributed by atoms with van der Waals surface area (Å²) >= 11 is 0. The molecule has 1 heterocycles. The highest BCUT2D eigenvalue weighted by atomic mass is 16.5. The molecule has 1 aliphatic heterocycles. The number of nitrogens with zero attached hydrogens (tertiary/aromatic N) is 1. The van der Waals surface area contributed by atoms with E-state index in [9.17, 15) is 9.59 Å². The molecule has 0 saturated carbocycles. The van der Waals surface area contributed by atoms with E-state index in [0.29, 0.717) is 23.9 Å². The van der Waals surface area contributed by atoms with Crippen molar-refractivity contribution in [2.75, 3.05) is 28.7 Å². The molecule has 6 nitrogen and oxygen atoms in total. The van der Waals surface area contributed by atoms with Gasteiger partial charge < -0.3 is 20.3 Å². The van der Waals surface area contributed by atoms with Crippen molar-refractivity contribution in [3.05, 3.63) is 48.0 Å². The van der Waals surface area contributed by atoms with Crippen molar-refractivity contribution in [1.82, 2.24) is 0 Å². The summed E-state index contributed by atoms with van der Waals surface area (Å²) in [7, 11) is 0. The lowest BCUT2D eigenvalue weighted by atomic mass is 9.92. The fourth-order valence-corrected chi connectivity index (χ4v) is 3.20. The van der Waals surface area contributed by atoms with Gasteiger partial charge in [-0.15, -0.1) is 0 Å². The molecule has 0 aliphatic carbocycles. The fraction of sp³-hybridized carbons (Fsp3) is 0.391. The predicted octanol–water partition coefficient (Wildman–Crippen LogP) is 5.05. The van der Waals surface area contributed by atoms with Crippen LogP contribution < -0.4 is 20.3 Å². The quantitative estimate of drug-likeness (QED) is 0.761. The Morgan fingerprint density at radius 2 is 1.72 bits per heavy atom. The van der Waals surface area contributed by atoms with Crippen molar-refractivity contribution in [2.45, 2.75) is 34.6 Å². The molecule has 29 heavy (non-hydrogen) atoms. The van der Waals surface area contributed by atoms with Crippen molar-refractivity contribution in [2.24, 2.45) is 11.3 Å². The summed E-state index contributed by atoms with van der Waals surface area (Å²) in [5.41, 5.74) is 2.56. The first kappa shape index (κ1) is 20.7. The number of rotatable bonds is 4. The number of ether oxygens (including phenoxy) is 1. The zero-order valence-corrected chi connectivity index (χ0v) is 17.7. The number of anilines is 3. The minimum absolute atomic E-state index is 0.0442. The van der Waals surface area contributed by atoms with Crippen LogP contribution in [0.5, 0.6) is 5.75 Å². The fourth-order valence-electron chi connectivity index (χ4n) is 3.20. The topological polar surface area (TPSA) is 70.7 Å². The lowest BCUT2D eigenvalue weighted by Gasteiger charge is -2.29. The number of urea groups is 1. The lowest BCUT2D eigenvalue weighted by molar-refractivity contribution is -0.127. The van der Waals surface area contributed by atoms with E-state index in [4.69, 9.17) is 4.74 Å². The smallest absolute Gasteiger partial charge is 0.323 e. The molecule has 0 spiro atoms. The molecule has 2 aromatic carbocycles. The van der Waals surface area contributed by atoms with Gasteiger partial charge in [-0.25, -0.2) is 4.79 Å². The summed E-state index contributed by atoms with van der Waals surface area (Å²) in [4.78, 5) is 27.2. The van der Waals surface area contributed by atoms with Crippen LogP contribution in [0.2, 0.25) is 0 Å². The van der Waals surface area contributed by atoms with E-state index in [0.717, 1.165) is 16.9 Å². The zero-order chi connectivity index (χ0) is 21.2. The molecule has 1 aliphatic rings. The first-order valence-electron chi connectivity index (χ1n) is 9.89. The monoisotopic (exact) mass is 395 g/mol. The van der Waals surface area contributed by atoms with Gasteiger partial charge in [-0.1, -0.05) is 31.5 Å². The van der Waals surface area contributed by atoms with Crippen molar-refractivity contribution in [3.8, 4) is 5.75 Å². The van der Waals surface area contributed by atoms with Crippen LogP contribution in [0.15, 0.2) is 42.5 Å². The van der Waals surface area contributed by atoms with E-state index in [2.05, 4.69) is 24.5 Å². The van der Waals surface area contributed by atoms with Gasteiger partial charge in [0.2, 0.25) is 5.91 Å². The summed E-state index contributed by atoms with van der Waals surface area (Å²) in [5, 5.41) is 5.64. The van der Waals surface area contributed by atoms with Crippen LogP contribution in [-0.2, 0) is 4.79 Å². The van der Waals surface area contributed by atoms with E-state index < -0.39 is 5.41 Å². The Balaban J connectivity index is 1.80. The van der Waals surface area contributed by atoms with Gasteiger partial charge in [-0.2, -0.15) is 0 Å². The van der Waals surface area contributed by atoms with E-state index in [1.165, 1.54) is 0 Å². The van der Waals surface area contributed by atoms with Crippen LogP contribution in [-0.4, -0.2) is 25.1 Å². The number of fused-ring (bicyclic) bond motifs is 1. The van der Waals surface area contributed by atoms with Crippen molar-refractivity contribution in [3.63, 3.8) is 0 Å². The summed E-state index contributed by atoms with van der Waals surface area (Å²) in [6.07, 6.45) is 0. The maximum absolute atomic E-state index is 13.0. The number of carbonyl (C=O) groups excluding carboxylic acids is 2. The van der Waals surface area contributed by atoms with Gasteiger partial charge in [0.05, 0.1) is 11.1 Å². The molecule has 0 radical (unpaired) electrons. The number of hydrogen-bond donors (Lipinski definition) is 2. The van der Waals surface area contributed by atoms with E-state index in [1.807, 2.05) is 51.1 Å². The molecule has 0 fully saturated rings. The zero-order valence-electron chi connectivity index (χ0n) is 17.7. The third kappa shape index (κ3) is 4.88. The molecule has 3 amide bonds. The largest absolute Gasteiger partial charge is 0.490 e. The molecule has 0 saturated heterocycles. The number of hydrogen-bond acceptors (Lipinski definition) is 3. The Kier molecular flexibility index (Phi) is 5.82. The average Bonchev–Trinajstić information content (AvgIpc) is 2.74. The van der Waals surface area contributed by atoms with Crippen molar-refractivity contribution < 1.29 is 14.3 Å². The molecule has 0 aromatic heterocycles. The Hall–Kier alpha value is -3.02. The molecule has 3 rings (SSSR count). The van der Waals surface area contributed by atoms with Crippen LogP contribution >= 0.6 is 0 Å². The molecule has 0 unspecified atom stereocenters. The van der Waals surface area contributed by atoms with Gasteiger partial charge in [0.25, 0.3) is 0 Å². The highest BCUT2D eigenvalue weighted by Crippen LogP contribution is 2.38. The summed E-state index contributed by atoms with van der Waals surface area (Å²) in [6, 6.07) is 12.6. The highest BCUT2D eigenvalue weighted by molar-refractivity contribution is 6.02. The van der Waals surface area contributed by atoms with E-state index >= 15 is 0 Å². The summed E-state index contributed by atoms with van der Waals surface area (Å²) in [5.74, 6) is 0.958. The maximum Gasteiger partial charge on any atom is 0.323 e. The van der Waals surface area contributed by atoms with Crippen LogP contribution in [0.4, 0.5) is 21.9 Å². The van der Waals surface area contributed by atoms with Gasteiger partial charge in [-0.3, -0.25) is 4.79 Å². The van der Waals surface area contributed by atoms with Crippen molar-refractivity contribution >= 4 is 29.0 Å². The number of benzene rings is 2. The van der Waals surface area contributed by atoms with Gasteiger partial charge in [0.15, 0.2) is 0 Å².